The molecule has 0 radical (unpaired) electrons. The smallest absolute Gasteiger partial charge is 0.312 e. The highest BCUT2D eigenvalue weighted by Gasteiger charge is 2.18. The van der Waals surface area contributed by atoms with E-state index in [0.717, 1.165) is 0 Å². The van der Waals surface area contributed by atoms with Crippen molar-refractivity contribution in [3.8, 4) is 17.7 Å². The topological polar surface area (TPSA) is 89.1 Å². The summed E-state index contributed by atoms with van der Waals surface area (Å²) in [6.07, 6.45) is 1.48. The van der Waals surface area contributed by atoms with Crippen molar-refractivity contribution in [1.29, 1.82) is 5.26 Å². The fourth-order valence-corrected chi connectivity index (χ4v) is 1.92. The lowest BCUT2D eigenvalue weighted by Crippen LogP contribution is -1.97. The van der Waals surface area contributed by atoms with Crippen LogP contribution in [0.2, 0.25) is 0 Å². The number of nitro groups is 1. The number of nitrogens with zero attached hydrogens (tertiary/aromatic N) is 3. The second kappa shape index (κ2) is 5.67. The average molecular weight is 334 g/mol. The second-order valence-electron chi connectivity index (χ2n) is 3.89. The summed E-state index contributed by atoms with van der Waals surface area (Å²) in [6, 6.07) is 8.04. The van der Waals surface area contributed by atoms with E-state index in [9.17, 15) is 10.1 Å². The normalized spacial score (nSPS) is 9.85. The van der Waals surface area contributed by atoms with Gasteiger partial charge in [-0.05, 0) is 30.7 Å². The lowest BCUT2D eigenvalue weighted by atomic mass is 10.2. The number of halogens is 1. The molecule has 100 valence electrons. The van der Waals surface area contributed by atoms with Gasteiger partial charge < -0.3 is 4.74 Å². The molecule has 6 nitrogen and oxygen atoms in total. The third-order valence-corrected chi connectivity index (χ3v) is 3.05. The molecule has 0 amide bonds. The predicted octanol–water partition coefficient (Wildman–Crippen LogP) is 3.72. The number of nitro benzene ring substituents is 1. The van der Waals surface area contributed by atoms with Crippen molar-refractivity contribution in [2.24, 2.45) is 0 Å². The zero-order valence-corrected chi connectivity index (χ0v) is 11.9. The number of aromatic nitrogens is 1. The Labute approximate surface area is 122 Å². The number of ether oxygens (including phenoxy) is 1. The summed E-state index contributed by atoms with van der Waals surface area (Å²) < 4.78 is 6.00. The van der Waals surface area contributed by atoms with E-state index in [1.54, 1.807) is 19.1 Å². The molecule has 0 bridgehead atoms. The molecule has 0 unspecified atom stereocenters. The fraction of sp³-hybridized carbons (Fsp3) is 0.0769. The third-order valence-electron chi connectivity index (χ3n) is 2.56. The van der Waals surface area contributed by atoms with Crippen LogP contribution in [-0.2, 0) is 0 Å². The molecule has 2 aromatic rings. The van der Waals surface area contributed by atoms with E-state index in [2.05, 4.69) is 20.9 Å². The highest BCUT2D eigenvalue weighted by atomic mass is 79.9. The van der Waals surface area contributed by atoms with Crippen LogP contribution in [0, 0.1) is 28.4 Å². The SMILES string of the molecule is Cc1ccnc(Oc2ccc(Br)cc2[N+](=O)[O-])c1C#N. The highest BCUT2D eigenvalue weighted by Crippen LogP contribution is 2.34. The monoisotopic (exact) mass is 333 g/mol. The Balaban J connectivity index is 2.49. The van der Waals surface area contributed by atoms with Crippen molar-refractivity contribution < 1.29 is 9.66 Å². The molecule has 7 heteroatoms. The molecule has 0 aliphatic carbocycles. The molecule has 1 aromatic carbocycles. The van der Waals surface area contributed by atoms with Crippen LogP contribution in [0.5, 0.6) is 11.6 Å². The Kier molecular flexibility index (Phi) is 3.96. The summed E-state index contributed by atoms with van der Waals surface area (Å²) in [5, 5.41) is 20.1. The molecule has 2 rings (SSSR count). The van der Waals surface area contributed by atoms with E-state index >= 15 is 0 Å². The number of pyridine rings is 1. The lowest BCUT2D eigenvalue weighted by Gasteiger charge is -2.08. The van der Waals surface area contributed by atoms with Gasteiger partial charge in [-0.3, -0.25) is 10.1 Å². The molecule has 0 saturated carbocycles. The van der Waals surface area contributed by atoms with Gasteiger partial charge in [0, 0.05) is 16.7 Å². The van der Waals surface area contributed by atoms with Gasteiger partial charge in [0.25, 0.3) is 0 Å². The Morgan fingerprint density at radius 1 is 1.45 bits per heavy atom. The quantitative estimate of drug-likeness (QED) is 0.630. The predicted molar refractivity (Wildman–Crippen MR) is 74.6 cm³/mol. The lowest BCUT2D eigenvalue weighted by molar-refractivity contribution is -0.385. The van der Waals surface area contributed by atoms with Crippen molar-refractivity contribution in [1.82, 2.24) is 4.98 Å². The van der Waals surface area contributed by atoms with Gasteiger partial charge >= 0.3 is 5.69 Å². The summed E-state index contributed by atoms with van der Waals surface area (Å²) in [6.45, 7) is 1.74. The van der Waals surface area contributed by atoms with Crippen LogP contribution >= 0.6 is 15.9 Å². The number of nitriles is 1. The first kappa shape index (κ1) is 14.0. The largest absolute Gasteiger partial charge is 0.430 e. The van der Waals surface area contributed by atoms with Gasteiger partial charge in [0.1, 0.15) is 11.6 Å². The van der Waals surface area contributed by atoms with E-state index in [1.165, 1.54) is 18.3 Å². The Hall–Kier alpha value is -2.46. The maximum absolute atomic E-state index is 11.0. The van der Waals surface area contributed by atoms with E-state index in [1.807, 2.05) is 6.07 Å². The zero-order chi connectivity index (χ0) is 14.7. The average Bonchev–Trinajstić information content (AvgIpc) is 2.41. The molecular weight excluding hydrogens is 326 g/mol. The molecule has 0 atom stereocenters. The van der Waals surface area contributed by atoms with E-state index in [4.69, 9.17) is 10.00 Å². The number of rotatable bonds is 3. The molecule has 20 heavy (non-hydrogen) atoms. The third kappa shape index (κ3) is 2.75. The van der Waals surface area contributed by atoms with Crippen LogP contribution in [0.3, 0.4) is 0 Å². The first-order valence-electron chi connectivity index (χ1n) is 5.50. The van der Waals surface area contributed by atoms with E-state index in [0.29, 0.717) is 10.0 Å². The zero-order valence-electron chi connectivity index (χ0n) is 10.3. The van der Waals surface area contributed by atoms with Gasteiger partial charge in [0.05, 0.1) is 4.92 Å². The standard InChI is InChI=1S/C13H8BrN3O3/c1-8-4-5-16-13(10(8)7-15)20-12-3-2-9(14)6-11(12)17(18)19/h2-6H,1H3. The molecule has 1 aromatic heterocycles. The van der Waals surface area contributed by atoms with Crippen LogP contribution < -0.4 is 4.74 Å². The molecule has 0 fully saturated rings. The van der Waals surface area contributed by atoms with Crippen molar-refractivity contribution in [2.75, 3.05) is 0 Å². The van der Waals surface area contributed by atoms with Crippen molar-refractivity contribution >= 4 is 21.6 Å². The van der Waals surface area contributed by atoms with Crippen molar-refractivity contribution in [3.05, 3.63) is 56.2 Å². The second-order valence-corrected chi connectivity index (χ2v) is 4.81. The van der Waals surface area contributed by atoms with Gasteiger partial charge in [0.15, 0.2) is 0 Å². The van der Waals surface area contributed by atoms with E-state index < -0.39 is 4.92 Å². The van der Waals surface area contributed by atoms with Gasteiger partial charge in [-0.2, -0.15) is 5.26 Å². The molecular formula is C13H8BrN3O3. The van der Waals surface area contributed by atoms with Gasteiger partial charge in [-0.1, -0.05) is 15.9 Å². The molecule has 0 aliphatic rings. The van der Waals surface area contributed by atoms with Crippen LogP contribution in [0.4, 0.5) is 5.69 Å². The first-order valence-corrected chi connectivity index (χ1v) is 6.29. The van der Waals surface area contributed by atoms with Crippen molar-refractivity contribution in [2.45, 2.75) is 6.92 Å². The highest BCUT2D eigenvalue weighted by molar-refractivity contribution is 9.10. The summed E-state index contributed by atoms with van der Waals surface area (Å²) >= 11 is 3.16. The molecule has 0 aliphatic heterocycles. The minimum absolute atomic E-state index is 0.0350. The summed E-state index contributed by atoms with van der Waals surface area (Å²) in [7, 11) is 0. The summed E-state index contributed by atoms with van der Waals surface area (Å²) in [4.78, 5) is 14.4. The number of hydrogen-bond acceptors (Lipinski definition) is 5. The maximum Gasteiger partial charge on any atom is 0.312 e. The summed E-state index contributed by atoms with van der Waals surface area (Å²) in [5.74, 6) is 0.0886. The Bertz CT molecular complexity index is 725. The molecule has 0 N–H and O–H groups in total. The van der Waals surface area contributed by atoms with Crippen molar-refractivity contribution in [3.63, 3.8) is 0 Å². The number of benzene rings is 1. The Morgan fingerprint density at radius 3 is 2.85 bits per heavy atom. The van der Waals surface area contributed by atoms with Gasteiger partial charge in [-0.25, -0.2) is 4.98 Å². The van der Waals surface area contributed by atoms with E-state index in [-0.39, 0.29) is 22.9 Å². The fourth-order valence-electron chi connectivity index (χ4n) is 1.57. The van der Waals surface area contributed by atoms with Crippen LogP contribution in [0.15, 0.2) is 34.9 Å². The molecule has 0 saturated heterocycles. The van der Waals surface area contributed by atoms with Gasteiger partial charge in [-0.15, -0.1) is 0 Å². The summed E-state index contributed by atoms with van der Waals surface area (Å²) in [5.41, 5.74) is 0.744. The minimum Gasteiger partial charge on any atom is -0.430 e. The minimum atomic E-state index is -0.554. The number of aryl methyl sites for hydroxylation is 1. The molecule has 1 heterocycles. The van der Waals surface area contributed by atoms with Crippen LogP contribution in [-0.4, -0.2) is 9.91 Å². The molecule has 0 spiro atoms. The van der Waals surface area contributed by atoms with Crippen LogP contribution in [0.25, 0.3) is 0 Å². The first-order chi connectivity index (χ1) is 9.52. The van der Waals surface area contributed by atoms with Crippen LogP contribution in [0.1, 0.15) is 11.1 Å². The maximum atomic E-state index is 11.0. The number of hydrogen-bond donors (Lipinski definition) is 0. The van der Waals surface area contributed by atoms with Gasteiger partial charge in [0.2, 0.25) is 11.6 Å². The Morgan fingerprint density at radius 2 is 2.20 bits per heavy atom.